The molecule has 0 spiro atoms. The summed E-state index contributed by atoms with van der Waals surface area (Å²) in [6, 6.07) is 16.8. The number of hydrogen-bond donors (Lipinski definition) is 1. The van der Waals surface area contributed by atoms with Gasteiger partial charge in [-0.1, -0.05) is 50.1 Å². The van der Waals surface area contributed by atoms with Crippen molar-refractivity contribution < 1.29 is 23.1 Å². The van der Waals surface area contributed by atoms with Crippen molar-refractivity contribution in [3.63, 3.8) is 0 Å². The fourth-order valence-electron chi connectivity index (χ4n) is 3.77. The van der Waals surface area contributed by atoms with Crippen molar-refractivity contribution in [3.05, 3.63) is 94.6 Å². The smallest absolute Gasteiger partial charge is 0.338 e. The number of hydrogen-bond acceptors (Lipinski definition) is 4. The van der Waals surface area contributed by atoms with Crippen LogP contribution in [0.4, 0.5) is 8.78 Å². The van der Waals surface area contributed by atoms with E-state index in [4.69, 9.17) is 9.57 Å². The summed E-state index contributed by atoms with van der Waals surface area (Å²) in [6.07, 6.45) is 2.35. The molecule has 3 aromatic carbocycles. The molecule has 0 aliphatic heterocycles. The van der Waals surface area contributed by atoms with E-state index in [2.05, 4.69) is 12.4 Å². The van der Waals surface area contributed by atoms with Gasteiger partial charge in [-0.15, -0.1) is 0 Å². The van der Waals surface area contributed by atoms with Crippen LogP contribution in [0.1, 0.15) is 59.3 Å². The average molecular weight is 454 g/mol. The molecule has 3 rings (SSSR count). The predicted octanol–water partition coefficient (Wildman–Crippen LogP) is 6.68. The minimum Gasteiger partial charge on any atom is -0.465 e. The number of esters is 1. The molecule has 6 heteroatoms. The first-order valence-corrected chi connectivity index (χ1v) is 11.0. The topological polar surface area (TPSA) is 47.6 Å². The summed E-state index contributed by atoms with van der Waals surface area (Å²) in [5, 5.41) is 0. The molecule has 33 heavy (non-hydrogen) atoms. The zero-order valence-electron chi connectivity index (χ0n) is 19.2. The lowest BCUT2D eigenvalue weighted by Crippen LogP contribution is -2.19. The Hall–Kier alpha value is -3.09. The van der Waals surface area contributed by atoms with Crippen molar-refractivity contribution in [2.24, 2.45) is 0 Å². The van der Waals surface area contributed by atoms with E-state index in [9.17, 15) is 13.6 Å². The average Bonchev–Trinajstić information content (AvgIpc) is 2.80. The summed E-state index contributed by atoms with van der Waals surface area (Å²) in [4.78, 5) is 18.4. The van der Waals surface area contributed by atoms with Crippen molar-refractivity contribution in [1.82, 2.24) is 5.48 Å². The molecule has 0 heterocycles. The van der Waals surface area contributed by atoms with Crippen LogP contribution in [0.15, 0.2) is 60.7 Å². The number of hydroxylamine groups is 1. The van der Waals surface area contributed by atoms with E-state index < -0.39 is 17.6 Å². The van der Waals surface area contributed by atoms with Crippen LogP contribution in [-0.2, 0) is 16.1 Å². The Morgan fingerprint density at radius 3 is 2.39 bits per heavy atom. The van der Waals surface area contributed by atoms with Crippen molar-refractivity contribution >= 4 is 5.97 Å². The summed E-state index contributed by atoms with van der Waals surface area (Å²) in [7, 11) is 1.37. The molecule has 174 valence electrons. The van der Waals surface area contributed by atoms with Crippen LogP contribution in [0, 0.1) is 18.6 Å². The van der Waals surface area contributed by atoms with Gasteiger partial charge in [0.2, 0.25) is 0 Å². The molecule has 1 atom stereocenters. The molecule has 0 radical (unpaired) electrons. The van der Waals surface area contributed by atoms with Crippen LogP contribution in [-0.4, -0.2) is 13.1 Å². The molecule has 0 aliphatic rings. The van der Waals surface area contributed by atoms with Crippen LogP contribution in [0.25, 0.3) is 11.1 Å². The molecule has 0 saturated carbocycles. The number of unbranched alkanes of at least 4 members (excludes halogenated alkanes) is 1. The largest absolute Gasteiger partial charge is 0.465 e. The Bertz CT molecular complexity index is 1080. The van der Waals surface area contributed by atoms with Gasteiger partial charge in [-0.25, -0.2) is 13.6 Å². The molecule has 0 bridgehead atoms. The highest BCUT2D eigenvalue weighted by atomic mass is 19.1. The number of aryl methyl sites for hydroxylation is 1. The molecule has 3 aromatic rings. The fourth-order valence-corrected chi connectivity index (χ4v) is 3.77. The normalized spacial score (nSPS) is 11.9. The number of carbonyl (C=O) groups excluding carboxylic acids is 1. The number of nitrogens with one attached hydrogen (secondary N) is 1. The molecular formula is C27H29F2NO3. The third kappa shape index (κ3) is 6.46. The van der Waals surface area contributed by atoms with Crippen molar-refractivity contribution in [2.75, 3.05) is 7.11 Å². The standard InChI is InChI=1S/C27H29F2NO3/c1-4-5-10-26(33-30-17-19-13-21(28)16-22(29)14-19)20-11-12-24(27(31)32-3)25(15-20)23-9-7-6-8-18(23)2/h6-9,11-16,26,30H,4-5,10,17H2,1-3H3. The van der Waals surface area contributed by atoms with Crippen LogP contribution < -0.4 is 5.48 Å². The van der Waals surface area contributed by atoms with E-state index >= 15 is 0 Å². The predicted molar refractivity (Wildman–Crippen MR) is 125 cm³/mol. The third-order valence-corrected chi connectivity index (χ3v) is 5.50. The van der Waals surface area contributed by atoms with Gasteiger partial charge in [0.05, 0.1) is 12.7 Å². The molecule has 0 aromatic heterocycles. The Morgan fingerprint density at radius 2 is 1.73 bits per heavy atom. The second-order valence-electron chi connectivity index (χ2n) is 7.96. The van der Waals surface area contributed by atoms with Gasteiger partial charge in [0.1, 0.15) is 17.7 Å². The SMILES string of the molecule is CCCCC(ONCc1cc(F)cc(F)c1)c1ccc(C(=O)OC)c(-c2ccccc2C)c1. The van der Waals surface area contributed by atoms with Gasteiger partial charge < -0.3 is 4.74 Å². The highest BCUT2D eigenvalue weighted by Gasteiger charge is 2.19. The van der Waals surface area contributed by atoms with Crippen LogP contribution in [0.2, 0.25) is 0 Å². The van der Waals surface area contributed by atoms with Crippen molar-refractivity contribution in [2.45, 2.75) is 45.8 Å². The molecule has 0 aliphatic carbocycles. The number of rotatable bonds is 10. The van der Waals surface area contributed by atoms with Gasteiger partial charge in [-0.2, -0.15) is 5.48 Å². The molecule has 0 fully saturated rings. The monoisotopic (exact) mass is 453 g/mol. The van der Waals surface area contributed by atoms with E-state index in [1.54, 1.807) is 6.07 Å². The second-order valence-corrected chi connectivity index (χ2v) is 7.96. The summed E-state index contributed by atoms with van der Waals surface area (Å²) in [6.45, 7) is 4.25. The zero-order chi connectivity index (χ0) is 23.8. The van der Waals surface area contributed by atoms with Gasteiger partial charge in [0.15, 0.2) is 0 Å². The Kier molecular flexibility index (Phi) is 8.69. The van der Waals surface area contributed by atoms with Gasteiger partial charge in [0.25, 0.3) is 0 Å². The first-order chi connectivity index (χ1) is 15.9. The summed E-state index contributed by atoms with van der Waals surface area (Å²) in [5.74, 6) is -1.66. The van der Waals surface area contributed by atoms with Crippen LogP contribution >= 0.6 is 0 Å². The Labute approximate surface area is 193 Å². The van der Waals surface area contributed by atoms with Crippen molar-refractivity contribution in [1.29, 1.82) is 0 Å². The first kappa shape index (κ1) is 24.6. The van der Waals surface area contributed by atoms with E-state index in [-0.39, 0.29) is 12.6 Å². The number of ether oxygens (including phenoxy) is 1. The number of carbonyl (C=O) groups is 1. The molecule has 4 nitrogen and oxygen atoms in total. The van der Waals surface area contributed by atoms with E-state index in [0.717, 1.165) is 47.6 Å². The van der Waals surface area contributed by atoms with Crippen molar-refractivity contribution in [3.8, 4) is 11.1 Å². The summed E-state index contributed by atoms with van der Waals surface area (Å²) >= 11 is 0. The molecule has 1 unspecified atom stereocenters. The third-order valence-electron chi connectivity index (χ3n) is 5.50. The lowest BCUT2D eigenvalue weighted by atomic mass is 9.92. The Morgan fingerprint density at radius 1 is 1.00 bits per heavy atom. The van der Waals surface area contributed by atoms with Gasteiger partial charge >= 0.3 is 5.97 Å². The maximum atomic E-state index is 13.5. The molecule has 1 N–H and O–H groups in total. The lowest BCUT2D eigenvalue weighted by Gasteiger charge is -2.21. The quantitative estimate of drug-likeness (QED) is 0.275. The molecular weight excluding hydrogens is 424 g/mol. The minimum absolute atomic E-state index is 0.155. The highest BCUT2D eigenvalue weighted by molar-refractivity contribution is 5.97. The molecule has 0 amide bonds. The van der Waals surface area contributed by atoms with Crippen LogP contribution in [0.5, 0.6) is 0 Å². The Balaban J connectivity index is 1.89. The molecule has 0 saturated heterocycles. The minimum atomic E-state index is -0.629. The number of benzene rings is 3. The van der Waals surface area contributed by atoms with E-state index in [0.29, 0.717) is 11.1 Å². The maximum Gasteiger partial charge on any atom is 0.338 e. The summed E-state index contributed by atoms with van der Waals surface area (Å²) < 4.78 is 31.9. The number of methoxy groups -OCH3 is 1. The number of halogens is 2. The van der Waals surface area contributed by atoms with E-state index in [1.165, 1.54) is 19.2 Å². The zero-order valence-corrected chi connectivity index (χ0v) is 19.2. The van der Waals surface area contributed by atoms with Crippen LogP contribution in [0.3, 0.4) is 0 Å². The van der Waals surface area contributed by atoms with Gasteiger partial charge in [-0.05, 0) is 65.4 Å². The summed E-state index contributed by atoms with van der Waals surface area (Å²) in [5.41, 5.74) is 7.43. The second kappa shape index (κ2) is 11.7. The highest BCUT2D eigenvalue weighted by Crippen LogP contribution is 2.32. The fraction of sp³-hybridized carbons (Fsp3) is 0.296. The maximum absolute atomic E-state index is 13.5. The van der Waals surface area contributed by atoms with E-state index in [1.807, 2.05) is 43.3 Å². The van der Waals surface area contributed by atoms with Gasteiger partial charge in [0, 0.05) is 12.6 Å². The van der Waals surface area contributed by atoms with Gasteiger partial charge in [-0.3, -0.25) is 4.84 Å². The lowest BCUT2D eigenvalue weighted by molar-refractivity contribution is -0.0356. The first-order valence-electron chi connectivity index (χ1n) is 11.0.